The number of carbonyl (C=O) groups excluding carboxylic acids is 2. The molecule has 0 bridgehead atoms. The summed E-state index contributed by atoms with van der Waals surface area (Å²) in [6.45, 7) is 8.72. The average molecular weight is 259 g/mol. The standard InChI is InChI=1S/C12H21NO5/c1-7(2)6-8(9(14)10(15)16)13-11(17)18-12(3,4)5/h7-8H,6H2,1-5H3,(H,13,17)(H,15,16)/t8-/m0/s1. The maximum absolute atomic E-state index is 11.5. The largest absolute Gasteiger partial charge is 0.475 e. The van der Waals surface area contributed by atoms with Crippen molar-refractivity contribution in [1.82, 2.24) is 5.32 Å². The number of hydrogen-bond acceptors (Lipinski definition) is 4. The number of Topliss-reactive ketones (excluding diaryl/α,β-unsaturated/α-hetero) is 1. The highest BCUT2D eigenvalue weighted by atomic mass is 16.6. The lowest BCUT2D eigenvalue weighted by atomic mass is 10.0. The molecule has 0 aliphatic rings. The molecule has 1 atom stereocenters. The van der Waals surface area contributed by atoms with Gasteiger partial charge in [0.1, 0.15) is 11.6 Å². The molecule has 0 aromatic heterocycles. The fourth-order valence-corrected chi connectivity index (χ4v) is 1.30. The molecule has 0 saturated heterocycles. The van der Waals surface area contributed by atoms with Gasteiger partial charge in [-0.05, 0) is 33.1 Å². The number of carboxylic acid groups (broad SMARTS) is 1. The maximum Gasteiger partial charge on any atom is 0.408 e. The van der Waals surface area contributed by atoms with Gasteiger partial charge in [0.15, 0.2) is 0 Å². The summed E-state index contributed by atoms with van der Waals surface area (Å²) >= 11 is 0. The van der Waals surface area contributed by atoms with Crippen molar-refractivity contribution >= 4 is 17.8 Å². The smallest absolute Gasteiger partial charge is 0.408 e. The highest BCUT2D eigenvalue weighted by molar-refractivity contribution is 6.35. The molecule has 6 nitrogen and oxygen atoms in total. The summed E-state index contributed by atoms with van der Waals surface area (Å²) < 4.78 is 4.98. The minimum atomic E-state index is -1.56. The second-order valence-corrected chi connectivity index (χ2v) is 5.50. The molecule has 1 amide bonds. The predicted octanol–water partition coefficient (Wildman–Crippen LogP) is 1.58. The number of aliphatic carboxylic acids is 1. The summed E-state index contributed by atoms with van der Waals surface area (Å²) in [6.07, 6.45) is -0.535. The van der Waals surface area contributed by atoms with Crippen molar-refractivity contribution in [1.29, 1.82) is 0 Å². The van der Waals surface area contributed by atoms with E-state index < -0.39 is 29.5 Å². The Morgan fingerprint density at radius 3 is 2.06 bits per heavy atom. The number of ether oxygens (including phenoxy) is 1. The van der Waals surface area contributed by atoms with Gasteiger partial charge in [-0.15, -0.1) is 0 Å². The lowest BCUT2D eigenvalue weighted by molar-refractivity contribution is -0.150. The number of alkyl carbamates (subject to hydrolysis) is 1. The Morgan fingerprint density at radius 2 is 1.72 bits per heavy atom. The van der Waals surface area contributed by atoms with E-state index in [4.69, 9.17) is 9.84 Å². The SMILES string of the molecule is CC(C)C[C@H](NC(=O)OC(C)(C)C)C(=O)C(=O)O. The molecule has 0 radical (unpaired) electrons. The molecule has 0 rings (SSSR count). The number of hydrogen-bond donors (Lipinski definition) is 2. The van der Waals surface area contributed by atoms with Gasteiger partial charge in [-0.2, -0.15) is 0 Å². The van der Waals surface area contributed by atoms with Crippen LogP contribution >= 0.6 is 0 Å². The zero-order chi connectivity index (χ0) is 14.5. The number of nitrogens with one attached hydrogen (secondary N) is 1. The third-order valence-corrected chi connectivity index (χ3v) is 1.93. The van der Waals surface area contributed by atoms with Crippen LogP contribution in [-0.4, -0.2) is 34.6 Å². The van der Waals surface area contributed by atoms with Gasteiger partial charge in [-0.1, -0.05) is 13.8 Å². The number of ketones is 1. The van der Waals surface area contributed by atoms with E-state index in [1.807, 2.05) is 13.8 Å². The summed E-state index contributed by atoms with van der Waals surface area (Å²) in [5.74, 6) is -2.51. The van der Waals surface area contributed by atoms with Gasteiger partial charge >= 0.3 is 12.1 Å². The molecule has 0 spiro atoms. The van der Waals surface area contributed by atoms with Crippen molar-refractivity contribution in [3.63, 3.8) is 0 Å². The molecular formula is C12H21NO5. The fourth-order valence-electron chi connectivity index (χ4n) is 1.30. The third kappa shape index (κ3) is 6.88. The van der Waals surface area contributed by atoms with Gasteiger partial charge in [-0.25, -0.2) is 9.59 Å². The zero-order valence-electron chi connectivity index (χ0n) is 11.4. The molecule has 0 aliphatic carbocycles. The number of amides is 1. The van der Waals surface area contributed by atoms with Crippen LogP contribution in [0.15, 0.2) is 0 Å². The monoisotopic (exact) mass is 259 g/mol. The van der Waals surface area contributed by atoms with E-state index >= 15 is 0 Å². The summed E-state index contributed by atoms with van der Waals surface area (Å²) in [7, 11) is 0. The van der Waals surface area contributed by atoms with Crippen molar-refractivity contribution < 1.29 is 24.2 Å². The van der Waals surface area contributed by atoms with Crippen LogP contribution in [-0.2, 0) is 14.3 Å². The van der Waals surface area contributed by atoms with E-state index in [2.05, 4.69) is 5.32 Å². The Labute approximate surface area is 107 Å². The Hall–Kier alpha value is -1.59. The van der Waals surface area contributed by atoms with Crippen molar-refractivity contribution in [2.75, 3.05) is 0 Å². The van der Waals surface area contributed by atoms with Gasteiger partial charge < -0.3 is 15.2 Å². The van der Waals surface area contributed by atoms with Crippen LogP contribution in [0.5, 0.6) is 0 Å². The quantitative estimate of drug-likeness (QED) is 0.731. The van der Waals surface area contributed by atoms with Gasteiger partial charge in [0.05, 0.1) is 0 Å². The van der Waals surface area contributed by atoms with E-state index in [0.29, 0.717) is 0 Å². The number of rotatable bonds is 5. The summed E-state index contributed by atoms with van der Waals surface area (Å²) in [6, 6.07) is -1.06. The van der Waals surface area contributed by atoms with E-state index in [0.717, 1.165) is 0 Å². The second kappa shape index (κ2) is 6.37. The van der Waals surface area contributed by atoms with Crippen LogP contribution in [0.1, 0.15) is 41.0 Å². The molecule has 0 fully saturated rings. The molecule has 0 aromatic rings. The lowest BCUT2D eigenvalue weighted by Gasteiger charge is -2.23. The molecule has 104 valence electrons. The first-order valence-electron chi connectivity index (χ1n) is 5.79. The van der Waals surface area contributed by atoms with Gasteiger partial charge in [0.25, 0.3) is 5.78 Å². The van der Waals surface area contributed by atoms with Crippen LogP contribution in [0.3, 0.4) is 0 Å². The Morgan fingerprint density at radius 1 is 1.22 bits per heavy atom. The maximum atomic E-state index is 11.5. The van der Waals surface area contributed by atoms with Crippen molar-refractivity contribution in [3.05, 3.63) is 0 Å². The Kier molecular flexibility index (Phi) is 5.81. The van der Waals surface area contributed by atoms with Crippen LogP contribution in [0.2, 0.25) is 0 Å². The van der Waals surface area contributed by atoms with E-state index in [1.165, 1.54) is 0 Å². The van der Waals surface area contributed by atoms with Crippen LogP contribution in [0.4, 0.5) is 4.79 Å². The van der Waals surface area contributed by atoms with Crippen molar-refractivity contribution in [2.24, 2.45) is 5.92 Å². The van der Waals surface area contributed by atoms with Gasteiger partial charge in [0, 0.05) is 0 Å². The second-order valence-electron chi connectivity index (χ2n) is 5.50. The first kappa shape index (κ1) is 16.4. The summed E-state index contributed by atoms with van der Waals surface area (Å²) in [4.78, 5) is 33.6. The highest BCUT2D eigenvalue weighted by Crippen LogP contribution is 2.10. The summed E-state index contributed by atoms with van der Waals surface area (Å²) in [5.41, 5.74) is -0.696. The lowest BCUT2D eigenvalue weighted by Crippen LogP contribution is -2.46. The van der Waals surface area contributed by atoms with E-state index in [9.17, 15) is 14.4 Å². The summed E-state index contributed by atoms with van der Waals surface area (Å²) in [5, 5.41) is 11.0. The minimum Gasteiger partial charge on any atom is -0.475 e. The average Bonchev–Trinajstić information content (AvgIpc) is 2.11. The minimum absolute atomic E-state index is 0.0771. The predicted molar refractivity (Wildman–Crippen MR) is 65.3 cm³/mol. The fraction of sp³-hybridized carbons (Fsp3) is 0.750. The topological polar surface area (TPSA) is 92.7 Å². The third-order valence-electron chi connectivity index (χ3n) is 1.93. The molecule has 6 heteroatoms. The highest BCUT2D eigenvalue weighted by Gasteiger charge is 2.29. The van der Waals surface area contributed by atoms with E-state index in [-0.39, 0.29) is 12.3 Å². The Balaban J connectivity index is 4.65. The van der Waals surface area contributed by atoms with Crippen molar-refractivity contribution in [2.45, 2.75) is 52.7 Å². The van der Waals surface area contributed by atoms with Gasteiger partial charge in [-0.3, -0.25) is 4.79 Å². The van der Waals surface area contributed by atoms with Gasteiger partial charge in [0.2, 0.25) is 0 Å². The first-order chi connectivity index (χ1) is 8.03. The van der Waals surface area contributed by atoms with E-state index in [1.54, 1.807) is 20.8 Å². The molecule has 2 N–H and O–H groups in total. The molecular weight excluding hydrogens is 238 g/mol. The number of carboxylic acids is 1. The molecule has 0 saturated carbocycles. The first-order valence-corrected chi connectivity index (χ1v) is 5.79. The molecule has 18 heavy (non-hydrogen) atoms. The van der Waals surface area contributed by atoms with Crippen LogP contribution in [0.25, 0.3) is 0 Å². The Bertz CT molecular complexity index is 330. The van der Waals surface area contributed by atoms with Crippen molar-refractivity contribution in [3.8, 4) is 0 Å². The molecule has 0 aliphatic heterocycles. The van der Waals surface area contributed by atoms with Crippen LogP contribution < -0.4 is 5.32 Å². The molecule has 0 heterocycles. The molecule has 0 aromatic carbocycles. The normalized spacial score (nSPS) is 13.0. The van der Waals surface area contributed by atoms with Crippen LogP contribution in [0, 0.1) is 5.92 Å². The molecule has 0 unspecified atom stereocenters. The number of carbonyl (C=O) groups is 3. The zero-order valence-corrected chi connectivity index (χ0v) is 11.4.